The monoisotopic (exact) mass is 329 g/mol. The minimum Gasteiger partial charge on any atom is -0.292 e. The van der Waals surface area contributed by atoms with E-state index in [-0.39, 0.29) is 12.0 Å². The van der Waals surface area contributed by atoms with Crippen LogP contribution in [-0.4, -0.2) is 35.2 Å². The molecule has 0 amide bonds. The van der Waals surface area contributed by atoms with Crippen LogP contribution in [0.25, 0.3) is 0 Å². The fourth-order valence-corrected chi connectivity index (χ4v) is 4.09. The Morgan fingerprint density at radius 1 is 1.41 bits per heavy atom. The fraction of sp³-hybridized carbons (Fsp3) is 0.600. The van der Waals surface area contributed by atoms with Crippen LogP contribution in [-0.2, 0) is 5.41 Å². The van der Waals surface area contributed by atoms with E-state index in [1.165, 1.54) is 11.1 Å². The summed E-state index contributed by atoms with van der Waals surface area (Å²) in [6.07, 6.45) is 0.587. The van der Waals surface area contributed by atoms with Crippen LogP contribution in [0.1, 0.15) is 24.8 Å². The number of hydrogen-bond acceptors (Lipinski definition) is 3. The molecular formula is C15H15ClF3N3. The van der Waals surface area contributed by atoms with Crippen LogP contribution in [0, 0.1) is 17.2 Å². The Kier molecular flexibility index (Phi) is 3.82. The van der Waals surface area contributed by atoms with Gasteiger partial charge in [-0.3, -0.25) is 9.88 Å². The van der Waals surface area contributed by atoms with Gasteiger partial charge in [-0.15, -0.1) is 0 Å². The van der Waals surface area contributed by atoms with Crippen LogP contribution in [0.15, 0.2) is 18.5 Å². The van der Waals surface area contributed by atoms with Gasteiger partial charge < -0.3 is 0 Å². The smallest absolute Gasteiger partial charge is 0.292 e. The summed E-state index contributed by atoms with van der Waals surface area (Å²) in [5.41, 5.74) is -0.0719. The van der Waals surface area contributed by atoms with Crippen molar-refractivity contribution in [1.82, 2.24) is 9.88 Å². The molecule has 1 saturated heterocycles. The van der Waals surface area contributed by atoms with Crippen molar-refractivity contribution in [3.63, 3.8) is 0 Å². The second-order valence-electron chi connectivity index (χ2n) is 6.29. The Bertz CT molecular complexity index is 613. The molecule has 3 nitrogen and oxygen atoms in total. The third kappa shape index (κ3) is 2.92. The van der Waals surface area contributed by atoms with Crippen LogP contribution in [0.5, 0.6) is 0 Å². The van der Waals surface area contributed by atoms with Gasteiger partial charge in [-0.25, -0.2) is 0 Å². The number of hydrogen-bond donors (Lipinski definition) is 0. The van der Waals surface area contributed by atoms with Gasteiger partial charge in [0, 0.05) is 25.0 Å². The molecule has 0 N–H and O–H groups in total. The van der Waals surface area contributed by atoms with Crippen molar-refractivity contribution >= 4 is 11.6 Å². The minimum absolute atomic E-state index is 0.111. The van der Waals surface area contributed by atoms with Crippen LogP contribution < -0.4 is 0 Å². The molecular weight excluding hydrogens is 315 g/mol. The number of nitriles is 1. The van der Waals surface area contributed by atoms with E-state index in [0.717, 1.165) is 6.42 Å². The quantitative estimate of drug-likeness (QED) is 0.833. The van der Waals surface area contributed by atoms with E-state index in [0.29, 0.717) is 30.0 Å². The van der Waals surface area contributed by atoms with E-state index in [9.17, 15) is 18.4 Å². The van der Waals surface area contributed by atoms with Crippen molar-refractivity contribution in [2.24, 2.45) is 5.92 Å². The third-order valence-electron chi connectivity index (χ3n) is 4.69. The second kappa shape index (κ2) is 5.39. The largest absolute Gasteiger partial charge is 0.401 e. The lowest BCUT2D eigenvalue weighted by Gasteiger charge is -2.36. The molecule has 2 bridgehead atoms. The predicted octanol–water partition coefficient (Wildman–Crippen LogP) is 3.54. The zero-order chi connectivity index (χ0) is 16.0. The molecule has 1 aromatic rings. The molecule has 22 heavy (non-hydrogen) atoms. The summed E-state index contributed by atoms with van der Waals surface area (Å²) in [5.74, 6) is 0.111. The minimum atomic E-state index is -4.20. The molecule has 0 radical (unpaired) electrons. The molecule has 2 fully saturated rings. The summed E-state index contributed by atoms with van der Waals surface area (Å²) in [5, 5.41) is 10.1. The lowest BCUT2D eigenvalue weighted by molar-refractivity contribution is -0.147. The number of nitrogens with zero attached hydrogens (tertiary/aromatic N) is 3. The number of likely N-dealkylation sites (tertiary alicyclic amines) is 1. The maximum Gasteiger partial charge on any atom is 0.401 e. The molecule has 1 aromatic heterocycles. The van der Waals surface area contributed by atoms with Crippen LogP contribution in [0.4, 0.5) is 13.2 Å². The topological polar surface area (TPSA) is 39.9 Å². The Morgan fingerprint density at radius 2 is 2.18 bits per heavy atom. The first kappa shape index (κ1) is 15.6. The van der Waals surface area contributed by atoms with Gasteiger partial charge in [0.2, 0.25) is 0 Å². The maximum absolute atomic E-state index is 12.7. The summed E-state index contributed by atoms with van der Waals surface area (Å²) >= 11 is 5.96. The molecule has 2 heterocycles. The van der Waals surface area contributed by atoms with Gasteiger partial charge in [-0.05, 0) is 36.8 Å². The molecule has 1 aliphatic carbocycles. The number of alkyl halides is 3. The first-order valence-electron chi connectivity index (χ1n) is 7.14. The highest BCUT2D eigenvalue weighted by Crippen LogP contribution is 2.48. The Morgan fingerprint density at radius 3 is 2.82 bits per heavy atom. The van der Waals surface area contributed by atoms with Crippen molar-refractivity contribution in [2.75, 3.05) is 13.1 Å². The Balaban J connectivity index is 1.87. The van der Waals surface area contributed by atoms with Gasteiger partial charge in [-0.1, -0.05) is 11.6 Å². The Hall–Kier alpha value is -1.32. The van der Waals surface area contributed by atoms with Gasteiger partial charge in [0.15, 0.2) is 0 Å². The zero-order valence-electron chi connectivity index (χ0n) is 11.8. The van der Waals surface area contributed by atoms with Gasteiger partial charge in [0.25, 0.3) is 0 Å². The van der Waals surface area contributed by atoms with E-state index in [1.807, 2.05) is 0 Å². The van der Waals surface area contributed by atoms with Gasteiger partial charge in [0.05, 0.1) is 23.1 Å². The van der Waals surface area contributed by atoms with E-state index < -0.39 is 18.1 Å². The average Bonchev–Trinajstić information content (AvgIpc) is 2.71. The highest BCUT2D eigenvalue weighted by atomic mass is 35.5. The van der Waals surface area contributed by atoms with Gasteiger partial charge in [-0.2, -0.15) is 18.4 Å². The summed E-state index contributed by atoms with van der Waals surface area (Å²) in [6.45, 7) is -0.495. The Labute approximate surface area is 131 Å². The molecule has 2 aliphatic rings. The number of fused-ring (bicyclic) bond motifs is 2. The lowest BCUT2D eigenvalue weighted by atomic mass is 9.67. The molecule has 0 aromatic carbocycles. The predicted molar refractivity (Wildman–Crippen MR) is 75.3 cm³/mol. The molecule has 3 atom stereocenters. The number of halogens is 4. The first-order chi connectivity index (χ1) is 10.3. The third-order valence-corrected chi connectivity index (χ3v) is 4.90. The first-order valence-corrected chi connectivity index (χ1v) is 7.52. The molecule has 1 aliphatic heterocycles. The summed E-state index contributed by atoms with van der Waals surface area (Å²) in [6, 6.07) is 3.83. The van der Waals surface area contributed by atoms with Gasteiger partial charge in [0.1, 0.15) is 0 Å². The van der Waals surface area contributed by atoms with Crippen LogP contribution >= 0.6 is 11.6 Å². The van der Waals surface area contributed by atoms with E-state index >= 15 is 0 Å². The fourth-order valence-electron chi connectivity index (χ4n) is 3.92. The second-order valence-corrected chi connectivity index (χ2v) is 6.73. The SMILES string of the molecule is N#CC1(c2cncc(Cl)c2)CC2CC(C1)N(CC(F)(F)F)C2. The number of rotatable bonds is 2. The molecule has 0 spiro atoms. The molecule has 1 saturated carbocycles. The number of aromatic nitrogens is 1. The van der Waals surface area contributed by atoms with Crippen LogP contribution in [0.3, 0.4) is 0 Å². The molecule has 118 valence electrons. The van der Waals surface area contributed by atoms with Crippen molar-refractivity contribution in [1.29, 1.82) is 5.26 Å². The van der Waals surface area contributed by atoms with E-state index in [4.69, 9.17) is 11.6 Å². The highest BCUT2D eigenvalue weighted by Gasteiger charge is 2.50. The zero-order valence-corrected chi connectivity index (χ0v) is 12.5. The summed E-state index contributed by atoms with van der Waals surface area (Å²) in [7, 11) is 0. The van der Waals surface area contributed by atoms with E-state index in [1.54, 1.807) is 12.3 Å². The average molecular weight is 330 g/mol. The van der Waals surface area contributed by atoms with Crippen molar-refractivity contribution in [3.8, 4) is 6.07 Å². The lowest BCUT2D eigenvalue weighted by Crippen LogP contribution is -2.41. The maximum atomic E-state index is 12.7. The van der Waals surface area contributed by atoms with Crippen molar-refractivity contribution in [2.45, 2.75) is 36.9 Å². The highest BCUT2D eigenvalue weighted by molar-refractivity contribution is 6.30. The molecule has 3 rings (SSSR count). The standard InChI is InChI=1S/C15H15ClF3N3/c16-12-2-11(5-21-6-12)14(8-20)3-10-1-13(4-14)22(7-10)9-15(17,18)19/h2,5-6,10,13H,1,3-4,7,9H2. The van der Waals surface area contributed by atoms with E-state index in [2.05, 4.69) is 11.1 Å². The van der Waals surface area contributed by atoms with Crippen LogP contribution in [0.2, 0.25) is 5.02 Å². The van der Waals surface area contributed by atoms with Gasteiger partial charge >= 0.3 is 6.18 Å². The number of pyridine rings is 1. The summed E-state index contributed by atoms with van der Waals surface area (Å²) < 4.78 is 38.0. The summed E-state index contributed by atoms with van der Waals surface area (Å²) in [4.78, 5) is 5.50. The van der Waals surface area contributed by atoms with Crippen molar-refractivity contribution in [3.05, 3.63) is 29.0 Å². The molecule has 7 heteroatoms. The molecule has 3 unspecified atom stereocenters. The normalized spacial score (nSPS) is 32.0. The van der Waals surface area contributed by atoms with Crippen molar-refractivity contribution < 1.29 is 13.2 Å².